The molecule has 1 aliphatic rings. The number of amides is 1. The highest BCUT2D eigenvalue weighted by Crippen LogP contribution is 2.27. The van der Waals surface area contributed by atoms with Crippen molar-refractivity contribution in [3.05, 3.63) is 76.3 Å². The Morgan fingerprint density at radius 1 is 0.968 bits per heavy atom. The van der Waals surface area contributed by atoms with Crippen LogP contribution >= 0.6 is 23.2 Å². The maximum absolute atomic E-state index is 13.3. The number of hydrogen-bond donors (Lipinski definition) is 0. The predicted molar refractivity (Wildman–Crippen MR) is 118 cm³/mol. The lowest BCUT2D eigenvalue weighted by Gasteiger charge is -2.23. The molecule has 0 aliphatic carbocycles. The highest BCUT2D eigenvalue weighted by molar-refractivity contribution is 6.33. The van der Waals surface area contributed by atoms with E-state index >= 15 is 0 Å². The van der Waals surface area contributed by atoms with Gasteiger partial charge in [0.1, 0.15) is 23.7 Å². The monoisotopic (exact) mass is 460 g/mol. The van der Waals surface area contributed by atoms with E-state index in [9.17, 15) is 9.18 Å². The highest BCUT2D eigenvalue weighted by Gasteiger charge is 2.22. The number of nitrogens with zero attached hydrogens (tertiary/aromatic N) is 4. The molecule has 1 saturated heterocycles. The first-order valence-corrected chi connectivity index (χ1v) is 10.5. The van der Waals surface area contributed by atoms with E-state index in [1.54, 1.807) is 35.2 Å². The lowest BCUT2D eigenvalue weighted by Crippen LogP contribution is -2.35. The van der Waals surface area contributed by atoms with Crippen LogP contribution in [0.1, 0.15) is 16.8 Å². The predicted octanol–water partition coefficient (Wildman–Crippen LogP) is 5.07. The molecule has 9 heteroatoms. The Morgan fingerprint density at radius 3 is 2.61 bits per heavy atom. The largest absolute Gasteiger partial charge is 0.439 e. The van der Waals surface area contributed by atoms with Gasteiger partial charge < -0.3 is 14.5 Å². The number of rotatable bonds is 4. The van der Waals surface area contributed by atoms with Crippen molar-refractivity contribution in [2.75, 3.05) is 31.1 Å². The van der Waals surface area contributed by atoms with Crippen molar-refractivity contribution >= 4 is 34.9 Å². The molecule has 3 aromatic rings. The van der Waals surface area contributed by atoms with Gasteiger partial charge >= 0.3 is 0 Å². The number of ether oxygens (including phenoxy) is 1. The molecule has 31 heavy (non-hydrogen) atoms. The average Bonchev–Trinajstić information content (AvgIpc) is 3.03. The third-order valence-electron chi connectivity index (χ3n) is 4.95. The molecule has 1 aromatic heterocycles. The third kappa shape index (κ3) is 5.06. The van der Waals surface area contributed by atoms with Crippen LogP contribution in [0.15, 0.2) is 54.9 Å². The summed E-state index contributed by atoms with van der Waals surface area (Å²) in [6.45, 7) is 2.50. The Hall–Kier alpha value is -2.90. The quantitative estimate of drug-likeness (QED) is 0.543. The van der Waals surface area contributed by atoms with E-state index in [2.05, 4.69) is 14.9 Å². The summed E-state index contributed by atoms with van der Waals surface area (Å²) in [6.07, 6.45) is 2.19. The fraction of sp³-hybridized carbons (Fsp3) is 0.227. The summed E-state index contributed by atoms with van der Waals surface area (Å²) in [5.41, 5.74) is 0.508. The van der Waals surface area contributed by atoms with Crippen LogP contribution < -0.4 is 9.64 Å². The second-order valence-corrected chi connectivity index (χ2v) is 7.82. The number of anilines is 1. The molecule has 6 nitrogen and oxygen atoms in total. The van der Waals surface area contributed by atoms with Crippen LogP contribution in [0.5, 0.6) is 11.6 Å². The van der Waals surface area contributed by atoms with E-state index in [4.69, 9.17) is 27.9 Å². The molecule has 160 valence electrons. The molecule has 2 aromatic carbocycles. The summed E-state index contributed by atoms with van der Waals surface area (Å²) < 4.78 is 19.0. The van der Waals surface area contributed by atoms with Crippen LogP contribution in [-0.2, 0) is 0 Å². The van der Waals surface area contributed by atoms with Gasteiger partial charge in [0.25, 0.3) is 5.91 Å². The van der Waals surface area contributed by atoms with Crippen molar-refractivity contribution in [3.8, 4) is 11.6 Å². The number of benzene rings is 2. The Kier molecular flexibility index (Phi) is 6.53. The average molecular weight is 461 g/mol. The minimum absolute atomic E-state index is 0.0254. The van der Waals surface area contributed by atoms with E-state index in [1.807, 2.05) is 0 Å². The molecule has 0 spiro atoms. The molecular weight excluding hydrogens is 442 g/mol. The summed E-state index contributed by atoms with van der Waals surface area (Å²) in [5, 5.41) is 0.426. The normalized spacial score (nSPS) is 14.3. The molecular formula is C22H19Cl2FN4O2. The Bertz CT molecular complexity index is 1100. The molecule has 2 heterocycles. The van der Waals surface area contributed by atoms with Gasteiger partial charge in [-0.1, -0.05) is 35.3 Å². The fourth-order valence-electron chi connectivity index (χ4n) is 3.37. The maximum Gasteiger partial charge on any atom is 0.255 e. The zero-order valence-corrected chi connectivity index (χ0v) is 18.0. The smallest absolute Gasteiger partial charge is 0.255 e. The molecule has 0 radical (unpaired) electrons. The van der Waals surface area contributed by atoms with Gasteiger partial charge in [0.2, 0.25) is 5.88 Å². The minimum Gasteiger partial charge on any atom is -0.439 e. The van der Waals surface area contributed by atoms with Crippen LogP contribution in [0.4, 0.5) is 10.2 Å². The third-order valence-corrected chi connectivity index (χ3v) is 5.57. The number of halogens is 3. The van der Waals surface area contributed by atoms with Gasteiger partial charge in [-0.05, 0) is 30.7 Å². The van der Waals surface area contributed by atoms with Crippen molar-refractivity contribution in [3.63, 3.8) is 0 Å². The van der Waals surface area contributed by atoms with Crippen molar-refractivity contribution < 1.29 is 13.9 Å². The highest BCUT2D eigenvalue weighted by atomic mass is 35.5. The number of carbonyl (C=O) groups excluding carboxylic acids is 1. The van der Waals surface area contributed by atoms with Crippen molar-refractivity contribution in [1.82, 2.24) is 14.9 Å². The van der Waals surface area contributed by atoms with Crippen molar-refractivity contribution in [2.24, 2.45) is 0 Å². The summed E-state index contributed by atoms with van der Waals surface area (Å²) in [4.78, 5) is 25.2. The Balaban J connectivity index is 1.44. The first-order chi connectivity index (χ1) is 15.0. The molecule has 0 atom stereocenters. The van der Waals surface area contributed by atoms with Crippen LogP contribution in [-0.4, -0.2) is 47.0 Å². The Morgan fingerprint density at radius 2 is 1.81 bits per heavy atom. The molecule has 1 fully saturated rings. The molecule has 4 rings (SSSR count). The summed E-state index contributed by atoms with van der Waals surface area (Å²) in [7, 11) is 0. The van der Waals surface area contributed by atoms with Gasteiger partial charge in [0.15, 0.2) is 0 Å². The molecule has 0 unspecified atom stereocenters. The van der Waals surface area contributed by atoms with Gasteiger partial charge in [-0.3, -0.25) is 4.79 Å². The zero-order valence-electron chi connectivity index (χ0n) is 16.5. The second-order valence-electron chi connectivity index (χ2n) is 7.01. The van der Waals surface area contributed by atoms with Gasteiger partial charge in [-0.25, -0.2) is 14.4 Å². The Labute approximate surface area is 189 Å². The molecule has 0 bridgehead atoms. The zero-order chi connectivity index (χ0) is 21.8. The topological polar surface area (TPSA) is 58.6 Å². The minimum atomic E-state index is -0.516. The lowest BCUT2D eigenvalue weighted by atomic mass is 10.2. The summed E-state index contributed by atoms with van der Waals surface area (Å²) >= 11 is 12.0. The van der Waals surface area contributed by atoms with Gasteiger partial charge in [-0.2, -0.15) is 0 Å². The van der Waals surface area contributed by atoms with Crippen molar-refractivity contribution in [2.45, 2.75) is 6.42 Å². The summed E-state index contributed by atoms with van der Waals surface area (Å²) in [6, 6.07) is 12.9. The molecule has 0 saturated carbocycles. The van der Waals surface area contributed by atoms with E-state index in [-0.39, 0.29) is 10.9 Å². The maximum atomic E-state index is 13.3. The first-order valence-electron chi connectivity index (χ1n) is 9.75. The number of aromatic nitrogens is 2. The molecule has 0 N–H and O–H groups in total. The fourth-order valence-corrected chi connectivity index (χ4v) is 3.76. The standard InChI is InChI=1S/C22H19Cl2FN4O2/c23-17-5-2-1-4-16(17)22(30)29-9-3-8-28(10-11-29)20-13-21(27-14-26-20)31-15-6-7-19(25)18(24)12-15/h1-2,4-7,12-14H,3,8-11H2. The van der Waals surface area contributed by atoms with E-state index in [0.29, 0.717) is 47.7 Å². The summed E-state index contributed by atoms with van der Waals surface area (Å²) in [5.74, 6) is 0.791. The van der Waals surface area contributed by atoms with Gasteiger partial charge in [-0.15, -0.1) is 0 Å². The van der Waals surface area contributed by atoms with Crippen LogP contribution in [0, 0.1) is 5.82 Å². The lowest BCUT2D eigenvalue weighted by molar-refractivity contribution is 0.0767. The van der Waals surface area contributed by atoms with Gasteiger partial charge in [0.05, 0.1) is 15.6 Å². The van der Waals surface area contributed by atoms with Crippen molar-refractivity contribution in [1.29, 1.82) is 0 Å². The van der Waals surface area contributed by atoms with Gasteiger partial charge in [0, 0.05) is 38.3 Å². The molecule has 1 aliphatic heterocycles. The van der Waals surface area contributed by atoms with E-state index in [1.165, 1.54) is 24.5 Å². The first kappa shape index (κ1) is 21.3. The number of carbonyl (C=O) groups is 1. The van der Waals surface area contributed by atoms with Crippen LogP contribution in [0.2, 0.25) is 10.0 Å². The van der Waals surface area contributed by atoms with E-state index in [0.717, 1.165) is 13.0 Å². The number of hydrogen-bond acceptors (Lipinski definition) is 5. The second kappa shape index (κ2) is 9.49. The van der Waals surface area contributed by atoms with E-state index < -0.39 is 5.82 Å². The molecule has 1 amide bonds. The van der Waals surface area contributed by atoms with Crippen LogP contribution in [0.25, 0.3) is 0 Å². The SMILES string of the molecule is O=C(c1ccccc1Cl)N1CCCN(c2cc(Oc3ccc(F)c(Cl)c3)ncn2)CC1. The van der Waals surface area contributed by atoms with Crippen LogP contribution in [0.3, 0.4) is 0 Å².